The maximum Gasteiger partial charge on any atom is 0.289 e. The number of aryl methyl sites for hydroxylation is 3. The van der Waals surface area contributed by atoms with Gasteiger partial charge in [-0.05, 0) is 50.8 Å². The molecule has 0 spiro atoms. The van der Waals surface area contributed by atoms with E-state index < -0.39 is 5.91 Å². The van der Waals surface area contributed by atoms with E-state index in [0.717, 1.165) is 40.5 Å². The Morgan fingerprint density at radius 1 is 1.03 bits per heavy atom. The van der Waals surface area contributed by atoms with Crippen LogP contribution < -0.4 is 10.9 Å². The van der Waals surface area contributed by atoms with Gasteiger partial charge in [-0.15, -0.1) is 22.7 Å². The Labute approximate surface area is 206 Å². The molecule has 2 aromatic heterocycles. The molecule has 1 saturated heterocycles. The highest BCUT2D eigenvalue weighted by Gasteiger charge is 2.28. The number of rotatable bonds is 5. The SMILES string of the molecule is CCc1ccc(C(=O)NNC(=O)c2csc(C3CCN(C(=O)c4sc(C)nc4C)CC3)n2)cc1. The number of thiazole rings is 2. The summed E-state index contributed by atoms with van der Waals surface area (Å²) >= 11 is 2.87. The van der Waals surface area contributed by atoms with Gasteiger partial charge in [0.15, 0.2) is 0 Å². The zero-order chi connectivity index (χ0) is 24.2. The molecule has 1 aliphatic rings. The summed E-state index contributed by atoms with van der Waals surface area (Å²) in [7, 11) is 0. The number of carbonyl (C=O) groups excluding carboxylic acids is 3. The van der Waals surface area contributed by atoms with Crippen molar-refractivity contribution in [3.63, 3.8) is 0 Å². The number of amides is 3. The molecule has 0 unspecified atom stereocenters. The van der Waals surface area contributed by atoms with Crippen LogP contribution in [0.2, 0.25) is 0 Å². The number of hydrogen-bond donors (Lipinski definition) is 2. The smallest absolute Gasteiger partial charge is 0.289 e. The normalized spacial score (nSPS) is 14.1. The minimum absolute atomic E-state index is 0.0424. The van der Waals surface area contributed by atoms with Gasteiger partial charge in [0.1, 0.15) is 10.6 Å². The Hall–Kier alpha value is -3.11. The second-order valence-corrected chi connectivity index (χ2v) is 10.3. The zero-order valence-electron chi connectivity index (χ0n) is 19.4. The van der Waals surface area contributed by atoms with Crippen LogP contribution in [0.4, 0.5) is 0 Å². The molecule has 1 fully saturated rings. The molecule has 4 rings (SSSR count). The van der Waals surface area contributed by atoms with Crippen LogP contribution in [0.3, 0.4) is 0 Å². The van der Waals surface area contributed by atoms with E-state index in [1.165, 1.54) is 22.7 Å². The first kappa shape index (κ1) is 24.0. The summed E-state index contributed by atoms with van der Waals surface area (Å²) in [6.07, 6.45) is 2.48. The minimum Gasteiger partial charge on any atom is -0.338 e. The summed E-state index contributed by atoms with van der Waals surface area (Å²) in [5.74, 6) is -0.591. The fourth-order valence-corrected chi connectivity index (χ4v) is 5.78. The van der Waals surface area contributed by atoms with Crippen LogP contribution in [0.15, 0.2) is 29.6 Å². The molecule has 1 aromatic carbocycles. The third kappa shape index (κ3) is 5.34. The fourth-order valence-electron chi connectivity index (χ4n) is 3.92. The monoisotopic (exact) mass is 497 g/mol. The number of hydrazine groups is 1. The molecule has 0 atom stereocenters. The standard InChI is InChI=1S/C24H27N5O3S2/c1-4-16-5-7-17(8-6-16)21(30)27-28-22(31)19-13-33-23(26-19)18-9-11-29(12-10-18)24(32)20-14(2)25-15(3)34-20/h5-8,13,18H,4,9-12H2,1-3H3,(H,27,30)(H,28,31). The number of carbonyl (C=O) groups is 3. The van der Waals surface area contributed by atoms with Gasteiger partial charge in [0, 0.05) is 30.0 Å². The molecule has 3 amide bonds. The first-order valence-electron chi connectivity index (χ1n) is 11.2. The number of nitrogens with zero attached hydrogens (tertiary/aromatic N) is 3. The number of aromatic nitrogens is 2. The van der Waals surface area contributed by atoms with Gasteiger partial charge in [0.25, 0.3) is 17.7 Å². The van der Waals surface area contributed by atoms with E-state index in [1.54, 1.807) is 17.5 Å². The topological polar surface area (TPSA) is 104 Å². The molecule has 2 N–H and O–H groups in total. The highest BCUT2D eigenvalue weighted by molar-refractivity contribution is 7.13. The molecule has 0 radical (unpaired) electrons. The highest BCUT2D eigenvalue weighted by Crippen LogP contribution is 2.31. The summed E-state index contributed by atoms with van der Waals surface area (Å²) < 4.78 is 0. The largest absolute Gasteiger partial charge is 0.338 e. The van der Waals surface area contributed by atoms with Gasteiger partial charge in [-0.2, -0.15) is 0 Å². The summed E-state index contributed by atoms with van der Waals surface area (Å²) in [6, 6.07) is 7.25. The zero-order valence-corrected chi connectivity index (χ0v) is 21.0. The van der Waals surface area contributed by atoms with Crippen LogP contribution in [0.1, 0.15) is 77.5 Å². The van der Waals surface area contributed by atoms with E-state index >= 15 is 0 Å². The van der Waals surface area contributed by atoms with Crippen molar-refractivity contribution in [2.75, 3.05) is 13.1 Å². The Kier molecular flexibility index (Phi) is 7.38. The molecule has 0 bridgehead atoms. The predicted octanol–water partition coefficient (Wildman–Crippen LogP) is 3.87. The summed E-state index contributed by atoms with van der Waals surface area (Å²) in [5.41, 5.74) is 7.55. The molecule has 3 heterocycles. The lowest BCUT2D eigenvalue weighted by atomic mass is 9.97. The van der Waals surface area contributed by atoms with Crippen molar-refractivity contribution < 1.29 is 14.4 Å². The van der Waals surface area contributed by atoms with Crippen molar-refractivity contribution in [3.8, 4) is 0 Å². The number of benzene rings is 1. The Morgan fingerprint density at radius 3 is 2.32 bits per heavy atom. The second-order valence-electron chi connectivity index (χ2n) is 8.24. The minimum atomic E-state index is -0.454. The number of hydrogen-bond acceptors (Lipinski definition) is 7. The second kappa shape index (κ2) is 10.4. The third-order valence-electron chi connectivity index (χ3n) is 5.90. The molecule has 8 nitrogen and oxygen atoms in total. The summed E-state index contributed by atoms with van der Waals surface area (Å²) in [6.45, 7) is 7.12. The maximum atomic E-state index is 12.8. The molecule has 178 valence electrons. The molecule has 10 heteroatoms. The van der Waals surface area contributed by atoms with Crippen LogP contribution in [0.5, 0.6) is 0 Å². The first-order chi connectivity index (χ1) is 16.4. The number of nitrogens with one attached hydrogen (secondary N) is 2. The highest BCUT2D eigenvalue weighted by atomic mass is 32.1. The lowest BCUT2D eigenvalue weighted by Crippen LogP contribution is -2.41. The average molecular weight is 498 g/mol. The maximum absolute atomic E-state index is 12.8. The van der Waals surface area contributed by atoms with Crippen molar-refractivity contribution >= 4 is 40.4 Å². The lowest BCUT2D eigenvalue weighted by Gasteiger charge is -2.30. The Bertz CT molecular complexity index is 1190. The van der Waals surface area contributed by atoms with Crippen molar-refractivity contribution in [2.45, 2.75) is 46.0 Å². The Balaban J connectivity index is 1.29. The van der Waals surface area contributed by atoms with E-state index in [4.69, 9.17) is 0 Å². The number of piperidine rings is 1. The van der Waals surface area contributed by atoms with Crippen LogP contribution in [-0.4, -0.2) is 45.7 Å². The predicted molar refractivity (Wildman–Crippen MR) is 132 cm³/mol. The summed E-state index contributed by atoms with van der Waals surface area (Å²) in [5, 5.41) is 3.48. The lowest BCUT2D eigenvalue weighted by molar-refractivity contribution is 0.0716. The van der Waals surface area contributed by atoms with Gasteiger partial charge in [0.05, 0.1) is 15.7 Å². The molecular weight excluding hydrogens is 470 g/mol. The van der Waals surface area contributed by atoms with Crippen molar-refractivity contribution in [1.82, 2.24) is 25.7 Å². The van der Waals surface area contributed by atoms with E-state index in [1.807, 2.05) is 37.8 Å². The fraction of sp³-hybridized carbons (Fsp3) is 0.375. The quantitative estimate of drug-likeness (QED) is 0.521. The van der Waals surface area contributed by atoms with Gasteiger partial charge in [-0.1, -0.05) is 19.1 Å². The van der Waals surface area contributed by atoms with E-state index in [9.17, 15) is 14.4 Å². The van der Waals surface area contributed by atoms with E-state index in [0.29, 0.717) is 23.5 Å². The van der Waals surface area contributed by atoms with Gasteiger partial charge < -0.3 is 4.90 Å². The van der Waals surface area contributed by atoms with Crippen molar-refractivity contribution in [3.05, 3.63) is 67.1 Å². The van der Waals surface area contributed by atoms with Gasteiger partial charge in [-0.25, -0.2) is 9.97 Å². The van der Waals surface area contributed by atoms with E-state index in [-0.39, 0.29) is 23.4 Å². The Morgan fingerprint density at radius 2 is 1.71 bits per heavy atom. The summed E-state index contributed by atoms with van der Waals surface area (Å²) in [4.78, 5) is 49.0. The van der Waals surface area contributed by atoms with Crippen LogP contribution in [-0.2, 0) is 6.42 Å². The van der Waals surface area contributed by atoms with Crippen LogP contribution in [0.25, 0.3) is 0 Å². The molecule has 1 aliphatic heterocycles. The van der Waals surface area contributed by atoms with Crippen LogP contribution in [0, 0.1) is 13.8 Å². The molecular formula is C24H27N5O3S2. The average Bonchev–Trinajstić information content (AvgIpc) is 3.48. The van der Waals surface area contributed by atoms with E-state index in [2.05, 4.69) is 20.8 Å². The molecule has 3 aromatic rings. The van der Waals surface area contributed by atoms with Crippen molar-refractivity contribution in [1.29, 1.82) is 0 Å². The first-order valence-corrected chi connectivity index (χ1v) is 12.9. The van der Waals surface area contributed by atoms with Gasteiger partial charge in [-0.3, -0.25) is 25.2 Å². The van der Waals surface area contributed by atoms with Gasteiger partial charge >= 0.3 is 0 Å². The third-order valence-corrected chi connectivity index (χ3v) is 7.97. The molecule has 34 heavy (non-hydrogen) atoms. The molecule has 0 aliphatic carbocycles. The molecule has 0 saturated carbocycles. The van der Waals surface area contributed by atoms with Crippen LogP contribution >= 0.6 is 22.7 Å². The van der Waals surface area contributed by atoms with Crippen molar-refractivity contribution in [2.24, 2.45) is 0 Å². The number of likely N-dealkylation sites (tertiary alicyclic amines) is 1. The van der Waals surface area contributed by atoms with Gasteiger partial charge in [0.2, 0.25) is 0 Å².